The molecule has 8 rings (SSSR count). The standard InChI is InChI=1S/C70H113N5O54/c1-18(85)71-35-22(89)5-67(63(107)108,124-53(35)40(96)26(93)9-76)122-30(13-80)44(100)55-36(72-19(2)86)23(90)6-68(126-55,64(109)110)123-31(14-81)45(101)56-37(73-20(3)87)24(91)7-70(127-56,66(113)114)129-58-49(105)62(119-50-32(15-82)115-59(106)47(103)46(50)102)118-33(16-83)51(58)120-60-39(74-21(4)88)52(42(98)28(11-78)116-60)121-61-48(104)57(43(99)29(12-79)117-61)128-69(65(111)112)8-25(92)38(75-34(95)17-84)54(125-69)41(97)27(94)10-77/h22-33,35-62,76-84,89-94,96-106H,5-17H2,1-4H3,(H,71,85)(H,72,86)(H,73,87)(H,74,88)(H,75,95)(H,107,108)(H,109,110)(H,111,112)(H,113,114)/t22-,23-,24-,25-,26+,27+,28+,29+,30+,31+,32+,33+,35+,36+,37+,38+,39+,40+,41+,42-,43-,44+,45+,46+,47+,48+,49+,50+,51-,52+,53+,54+,55+,56+,57-,58+,59?,60-,61-,62-,67+,68+,69-,70-/m0/s1. The number of nitrogens with one attached hydrogen (secondary N) is 5. The Morgan fingerprint density at radius 2 is 0.643 bits per heavy atom. The molecule has 59 heteroatoms. The van der Waals surface area contributed by atoms with Crippen molar-refractivity contribution in [3.63, 3.8) is 0 Å². The molecule has 8 heterocycles. The van der Waals surface area contributed by atoms with E-state index in [1.54, 1.807) is 0 Å². The molecule has 0 radical (unpaired) electrons. The van der Waals surface area contributed by atoms with Crippen LogP contribution >= 0.6 is 0 Å². The summed E-state index contributed by atoms with van der Waals surface area (Å²) in [6.07, 6.45) is -93.1. The normalized spacial score (nSPS) is 42.3. The van der Waals surface area contributed by atoms with Crippen molar-refractivity contribution in [2.45, 2.75) is 321 Å². The largest absolute Gasteiger partial charge is 0.477 e. The fourth-order valence-electron chi connectivity index (χ4n) is 16.3. The molecule has 8 aliphatic rings. The molecule has 0 aromatic heterocycles. The Kier molecular flexibility index (Phi) is 37.9. The Hall–Kier alpha value is -6.41. The van der Waals surface area contributed by atoms with E-state index in [0.717, 1.165) is 27.7 Å². The van der Waals surface area contributed by atoms with Gasteiger partial charge in [0.1, 0.15) is 177 Å². The number of carbonyl (C=O) groups is 9. The second-order valence-corrected chi connectivity index (χ2v) is 31.8. The molecule has 8 fully saturated rings. The topological polar surface area (TPSA) is 959 Å². The number of hydrogen-bond donors (Lipinski definition) is 35. The lowest BCUT2D eigenvalue weighted by molar-refractivity contribution is -0.405. The molecule has 59 nitrogen and oxygen atoms in total. The first kappa shape index (κ1) is 108. The number of aliphatic hydroxyl groups is 26. The number of carbonyl (C=O) groups excluding carboxylic acids is 5. The van der Waals surface area contributed by atoms with Gasteiger partial charge in [-0.1, -0.05) is 0 Å². The second kappa shape index (κ2) is 45.3. The van der Waals surface area contributed by atoms with Gasteiger partial charge in [0.25, 0.3) is 23.1 Å². The van der Waals surface area contributed by atoms with Gasteiger partial charge in [-0.25, -0.2) is 19.2 Å². The van der Waals surface area contributed by atoms with Gasteiger partial charge in [-0.2, -0.15) is 0 Å². The number of hydrogen-bond acceptors (Lipinski definition) is 50. The van der Waals surface area contributed by atoms with Gasteiger partial charge in [0.2, 0.25) is 29.5 Å². The number of carboxylic acids is 4. The lowest BCUT2D eigenvalue weighted by atomic mass is 9.86. The van der Waals surface area contributed by atoms with Gasteiger partial charge in [0.15, 0.2) is 25.2 Å². The van der Waals surface area contributed by atoms with E-state index in [-0.39, 0.29) is 0 Å². The minimum absolute atomic E-state index is 0.750. The van der Waals surface area contributed by atoms with Crippen molar-refractivity contribution in [1.82, 2.24) is 26.6 Å². The zero-order valence-electron chi connectivity index (χ0n) is 68.5. The summed E-state index contributed by atoms with van der Waals surface area (Å²) in [6.45, 7) is -9.64. The van der Waals surface area contributed by atoms with Crippen LogP contribution < -0.4 is 26.6 Å². The highest BCUT2D eigenvalue weighted by atomic mass is 16.8. The van der Waals surface area contributed by atoms with Crippen LogP contribution in [0.3, 0.4) is 0 Å². The summed E-state index contributed by atoms with van der Waals surface area (Å²) in [5.74, 6) is -29.9. The number of aliphatic hydroxyl groups excluding tert-OH is 26. The summed E-state index contributed by atoms with van der Waals surface area (Å²) in [7, 11) is 0. The maximum atomic E-state index is 14.5. The monoisotopic (exact) mass is 1890 g/mol. The number of amides is 5. The Bertz CT molecular complexity index is 3740. The predicted molar refractivity (Wildman–Crippen MR) is 393 cm³/mol. The summed E-state index contributed by atoms with van der Waals surface area (Å²) in [4.78, 5) is 119. The molecule has 742 valence electrons. The van der Waals surface area contributed by atoms with Crippen LogP contribution in [0.15, 0.2) is 0 Å². The third kappa shape index (κ3) is 23.6. The Labute approximate surface area is 726 Å². The van der Waals surface area contributed by atoms with Crippen LogP contribution in [-0.2, 0) is 114 Å². The fourth-order valence-corrected chi connectivity index (χ4v) is 16.3. The molecule has 8 saturated heterocycles. The molecule has 0 aliphatic carbocycles. The summed E-state index contributed by atoms with van der Waals surface area (Å²) in [6, 6.07) is -10.6. The highest BCUT2D eigenvalue weighted by Gasteiger charge is 2.67. The number of carboxylic acid groups (broad SMARTS) is 4. The van der Waals surface area contributed by atoms with Gasteiger partial charge in [-0.05, 0) is 0 Å². The second-order valence-electron chi connectivity index (χ2n) is 31.8. The van der Waals surface area contributed by atoms with E-state index in [1.807, 2.05) is 5.32 Å². The predicted octanol–water partition coefficient (Wildman–Crippen LogP) is -21.9. The van der Waals surface area contributed by atoms with E-state index < -0.39 is 406 Å². The van der Waals surface area contributed by atoms with Crippen molar-refractivity contribution < 1.29 is 267 Å². The van der Waals surface area contributed by atoms with E-state index in [4.69, 9.17) is 71.1 Å². The fraction of sp³-hybridized carbons (Fsp3) is 0.871. The molecular formula is C70H113N5O54. The molecule has 0 saturated carbocycles. The minimum atomic E-state index is -3.90. The van der Waals surface area contributed by atoms with Gasteiger partial charge in [-0.3, -0.25) is 24.0 Å². The van der Waals surface area contributed by atoms with Crippen molar-refractivity contribution in [3.8, 4) is 0 Å². The molecule has 0 aromatic carbocycles. The summed E-state index contributed by atoms with van der Waals surface area (Å²) in [5, 5.41) is 345. The van der Waals surface area contributed by atoms with E-state index in [0.29, 0.717) is 0 Å². The van der Waals surface area contributed by atoms with E-state index in [1.165, 1.54) is 0 Å². The first-order valence-electron chi connectivity index (χ1n) is 39.8. The Morgan fingerprint density at radius 1 is 0.333 bits per heavy atom. The zero-order valence-corrected chi connectivity index (χ0v) is 68.5. The van der Waals surface area contributed by atoms with E-state index in [9.17, 15) is 196 Å². The first-order chi connectivity index (χ1) is 60.4. The summed E-state index contributed by atoms with van der Waals surface area (Å²) < 4.78 is 87.4. The molecule has 0 bridgehead atoms. The van der Waals surface area contributed by atoms with Crippen LogP contribution in [0.1, 0.15) is 53.4 Å². The number of aliphatic carboxylic acids is 4. The average Bonchev–Trinajstić information content (AvgIpc) is 0.737. The van der Waals surface area contributed by atoms with Crippen molar-refractivity contribution in [1.29, 1.82) is 0 Å². The van der Waals surface area contributed by atoms with Crippen molar-refractivity contribution in [2.24, 2.45) is 0 Å². The van der Waals surface area contributed by atoms with Crippen molar-refractivity contribution >= 4 is 53.4 Å². The number of ether oxygens (including phenoxy) is 15. The quantitative estimate of drug-likeness (QED) is 0.0271. The first-order valence-corrected chi connectivity index (χ1v) is 39.8. The molecule has 5 amide bonds. The van der Waals surface area contributed by atoms with Crippen molar-refractivity contribution in [2.75, 3.05) is 59.5 Å². The van der Waals surface area contributed by atoms with Crippen LogP contribution in [0, 0.1) is 0 Å². The Balaban J connectivity index is 1.19. The smallest absolute Gasteiger partial charge is 0.364 e. The maximum absolute atomic E-state index is 14.5. The highest BCUT2D eigenvalue weighted by Crippen LogP contribution is 2.46. The average molecular weight is 1890 g/mol. The van der Waals surface area contributed by atoms with Crippen LogP contribution in [0.2, 0.25) is 0 Å². The molecule has 0 aromatic rings. The van der Waals surface area contributed by atoms with Gasteiger partial charge >= 0.3 is 23.9 Å². The van der Waals surface area contributed by atoms with Crippen LogP contribution in [-0.4, -0.2) is 534 Å². The van der Waals surface area contributed by atoms with E-state index >= 15 is 0 Å². The number of rotatable bonds is 40. The summed E-state index contributed by atoms with van der Waals surface area (Å²) >= 11 is 0. The molecule has 1 unspecified atom stereocenters. The van der Waals surface area contributed by atoms with Gasteiger partial charge < -0.3 is 251 Å². The lowest BCUT2D eigenvalue weighted by Gasteiger charge is -2.53. The maximum Gasteiger partial charge on any atom is 0.364 e. The molecular weight excluding hydrogens is 1770 g/mol. The van der Waals surface area contributed by atoms with Crippen LogP contribution in [0.4, 0.5) is 0 Å². The highest BCUT2D eigenvalue weighted by molar-refractivity contribution is 5.80. The molecule has 8 aliphatic heterocycles. The zero-order chi connectivity index (χ0) is 96.6. The van der Waals surface area contributed by atoms with Crippen molar-refractivity contribution in [3.05, 3.63) is 0 Å². The van der Waals surface area contributed by atoms with Gasteiger partial charge in [0.05, 0.1) is 101 Å². The molecule has 0 spiro atoms. The summed E-state index contributed by atoms with van der Waals surface area (Å²) in [5.41, 5.74) is 0. The Morgan fingerprint density at radius 3 is 1.01 bits per heavy atom. The molecule has 129 heavy (non-hydrogen) atoms. The SMILES string of the molecule is CC(=O)N[C@H]1[C@H](O[C@@H]2[C@H](O[C@]3(C(=O)O)C[C@H](O)[C@@H](NC(C)=O)[C@H]([C@H](O)[C@@H](CO)O[C@]4(C(=O)O)C[C@H](O)[C@@H](NC(C)=O)[C@H]([C@H](O)[C@@H](CO)O[C@]5(C(=O)O)C[C@H](O)[C@@H](NC(C)=O)[C@H]([C@H](O)[C@H](O)CO)O5)O4)O3)[C@@H](O)[C@H](O[C@H]3[C@H](O)[C@@H](O)C(O)O[C@@H]3CO)O[C@@H]2CO)O[C@H](CO)[C@H](O)[C@@H]1O[C@@H]1O[C@H](CO)[C@H](O)[C@H](O[C@]2(C(=O)O)C[C@H](O)[C@@H](NC(=O)CO)[C@H]([C@H](O)[C@H](O)CO)O2)[C@H]1O. The van der Waals surface area contributed by atoms with Crippen LogP contribution in [0.5, 0.6) is 0 Å². The third-order valence-corrected chi connectivity index (χ3v) is 22.7. The molecule has 44 atom stereocenters. The lowest BCUT2D eigenvalue weighted by Crippen LogP contribution is -2.73. The van der Waals surface area contributed by atoms with Gasteiger partial charge in [0, 0.05) is 53.4 Å². The minimum Gasteiger partial charge on any atom is -0.477 e. The van der Waals surface area contributed by atoms with Gasteiger partial charge in [-0.15, -0.1) is 0 Å². The van der Waals surface area contributed by atoms with Crippen LogP contribution in [0.25, 0.3) is 0 Å². The van der Waals surface area contributed by atoms with E-state index in [2.05, 4.69) is 21.3 Å². The molecule has 35 N–H and O–H groups in total. The third-order valence-electron chi connectivity index (χ3n) is 22.7.